The number of likely N-dealkylation sites (tertiary alicyclic amines) is 1. The van der Waals surface area contributed by atoms with Crippen LogP contribution < -0.4 is 9.74 Å². The van der Waals surface area contributed by atoms with Crippen molar-refractivity contribution >= 4 is 43.3 Å². The summed E-state index contributed by atoms with van der Waals surface area (Å²) in [5, 5.41) is 5.56. The molecule has 2 fully saturated rings. The van der Waals surface area contributed by atoms with Gasteiger partial charge in [0.05, 0.1) is 6.04 Å². The maximum Gasteiger partial charge on any atom is 0.410 e. The van der Waals surface area contributed by atoms with Gasteiger partial charge in [-0.25, -0.2) is 9.78 Å². The number of nitrogens with one attached hydrogen (secondary N) is 1. The summed E-state index contributed by atoms with van der Waals surface area (Å²) in [7, 11) is -0.552. The molecule has 2 aromatic rings. The number of nitrogens with zero attached hydrogens (tertiary/aromatic N) is 3. The summed E-state index contributed by atoms with van der Waals surface area (Å²) < 4.78 is 11.9. The average molecular weight is 713 g/mol. The minimum absolute atomic E-state index is 0.000246. The zero-order valence-electron chi connectivity index (χ0n) is 31.1. The van der Waals surface area contributed by atoms with Crippen LogP contribution in [0.1, 0.15) is 121 Å². The number of ether oxygens (including phenoxy) is 1. The highest BCUT2D eigenvalue weighted by molar-refractivity contribution is 7.10. The number of likely N-dealkylation sites (N-methyl/N-ethyl adjacent to an activating group) is 1. The van der Waals surface area contributed by atoms with Gasteiger partial charge < -0.3 is 19.4 Å². The van der Waals surface area contributed by atoms with E-state index in [9.17, 15) is 19.2 Å². The zero-order chi connectivity index (χ0) is 36.3. The second-order valence-electron chi connectivity index (χ2n) is 16.1. The molecule has 0 radical (unpaired) electrons. The lowest BCUT2D eigenvalue weighted by Gasteiger charge is -2.36. The molecule has 1 N–H and O–H groups in total. The molecule has 270 valence electrons. The molecule has 1 aliphatic heterocycles. The molecule has 10 nitrogen and oxygen atoms in total. The Kier molecular flexibility index (Phi) is 12.1. The van der Waals surface area contributed by atoms with Gasteiger partial charge in [-0.2, -0.15) is 0 Å². The molecule has 2 heterocycles. The van der Waals surface area contributed by atoms with E-state index >= 15 is 0 Å². The fourth-order valence-corrected chi connectivity index (χ4v) is 8.07. The number of ketones is 1. The maximum absolute atomic E-state index is 14.4. The van der Waals surface area contributed by atoms with E-state index in [1.54, 1.807) is 45.2 Å². The van der Waals surface area contributed by atoms with Gasteiger partial charge in [-0.15, -0.1) is 11.3 Å². The molecule has 1 aromatic heterocycles. The van der Waals surface area contributed by atoms with Crippen LogP contribution in [0.25, 0.3) is 0 Å². The number of benzene rings is 1. The number of rotatable bonds is 10. The number of hydrogen-bond donors (Lipinski definition) is 1. The minimum atomic E-state index is -2.09. The van der Waals surface area contributed by atoms with Crippen molar-refractivity contribution in [3.63, 3.8) is 0 Å². The predicted octanol–water partition coefficient (Wildman–Crippen LogP) is 7.74. The van der Waals surface area contributed by atoms with Gasteiger partial charge >= 0.3 is 6.09 Å². The van der Waals surface area contributed by atoms with Gasteiger partial charge in [-0.3, -0.25) is 19.3 Å². The van der Waals surface area contributed by atoms with Crippen molar-refractivity contribution in [2.75, 3.05) is 13.6 Å². The van der Waals surface area contributed by atoms with Crippen molar-refractivity contribution in [2.45, 2.75) is 135 Å². The second-order valence-corrected chi connectivity index (χ2v) is 21.7. The fraction of sp³-hybridized carbons (Fsp3) is 0.649. The highest BCUT2D eigenvalue weighted by Gasteiger charge is 2.41. The zero-order valence-corrected chi connectivity index (χ0v) is 32.9. The molecule has 0 bridgehead atoms. The monoisotopic (exact) mass is 712 g/mol. The minimum Gasteiger partial charge on any atom is -0.543 e. The summed E-state index contributed by atoms with van der Waals surface area (Å²) in [5.74, 6) is -0.0274. The Hall–Kier alpha value is -3.25. The van der Waals surface area contributed by atoms with Crippen molar-refractivity contribution in [1.29, 1.82) is 0 Å². The highest BCUT2D eigenvalue weighted by Crippen LogP contribution is 2.39. The van der Waals surface area contributed by atoms with Crippen molar-refractivity contribution in [3.05, 3.63) is 45.9 Å². The number of hydrogen-bond acceptors (Lipinski definition) is 8. The van der Waals surface area contributed by atoms with E-state index < -0.39 is 38.0 Å². The van der Waals surface area contributed by atoms with Gasteiger partial charge in [0.25, 0.3) is 0 Å². The lowest BCUT2D eigenvalue weighted by molar-refractivity contribution is -0.140. The third kappa shape index (κ3) is 9.51. The highest BCUT2D eigenvalue weighted by atomic mass is 32.1. The van der Waals surface area contributed by atoms with Crippen molar-refractivity contribution in [3.8, 4) is 5.75 Å². The van der Waals surface area contributed by atoms with Crippen LogP contribution in [0.5, 0.6) is 5.75 Å². The van der Waals surface area contributed by atoms with Crippen LogP contribution in [0, 0.1) is 5.92 Å². The fourth-order valence-electron chi connectivity index (χ4n) is 6.10. The largest absolute Gasteiger partial charge is 0.543 e. The van der Waals surface area contributed by atoms with Crippen LogP contribution in [0.3, 0.4) is 0 Å². The summed E-state index contributed by atoms with van der Waals surface area (Å²) in [6, 6.07) is 5.48. The maximum atomic E-state index is 14.4. The topological polar surface area (TPSA) is 118 Å². The Labute approximate surface area is 297 Å². The van der Waals surface area contributed by atoms with Crippen LogP contribution >= 0.6 is 11.3 Å². The molecule has 1 saturated heterocycles. The molecule has 12 heteroatoms. The van der Waals surface area contributed by atoms with Gasteiger partial charge in [-0.1, -0.05) is 52.2 Å². The molecule has 0 unspecified atom stereocenters. The summed E-state index contributed by atoms with van der Waals surface area (Å²) >= 11 is 1.39. The molecule has 3 amide bonds. The molecule has 2 aliphatic rings. The summed E-state index contributed by atoms with van der Waals surface area (Å²) in [6.45, 7) is 18.4. The van der Waals surface area contributed by atoms with Crippen molar-refractivity contribution < 1.29 is 28.3 Å². The summed E-state index contributed by atoms with van der Waals surface area (Å²) in [5.41, 5.74) is 0.161. The lowest BCUT2D eigenvalue weighted by Crippen LogP contribution is -2.56. The SMILES string of the molecule is C[C@@H](C(=O)N[C@H](C(=O)N1CCC[C@H]1c1nc(C(=O)c2cccc(O[Si](C)(C)C(C)(C)C)c2)cs1)C1CCCCC1)N(C)C(=O)OC(C)(C)C. The molecule has 1 saturated carbocycles. The van der Waals surface area contributed by atoms with Gasteiger partial charge in [0, 0.05) is 24.5 Å². The van der Waals surface area contributed by atoms with Gasteiger partial charge in [0.2, 0.25) is 25.9 Å². The molecule has 1 aromatic carbocycles. The molecular weight excluding hydrogens is 657 g/mol. The Morgan fingerprint density at radius 3 is 2.33 bits per heavy atom. The first kappa shape index (κ1) is 38.5. The number of thiazole rings is 1. The molecule has 4 rings (SSSR count). The molecule has 1 aliphatic carbocycles. The van der Waals surface area contributed by atoms with Crippen LogP contribution in [0.15, 0.2) is 29.6 Å². The van der Waals surface area contributed by atoms with Gasteiger partial charge in [0.15, 0.2) is 0 Å². The van der Waals surface area contributed by atoms with E-state index in [2.05, 4.69) is 39.2 Å². The average Bonchev–Trinajstić information content (AvgIpc) is 3.71. The van der Waals surface area contributed by atoms with Crippen LogP contribution in [-0.2, 0) is 14.3 Å². The normalized spacial score (nSPS) is 18.8. The first-order valence-corrected chi connectivity index (χ1v) is 21.4. The van der Waals surface area contributed by atoms with E-state index in [0.29, 0.717) is 23.6 Å². The van der Waals surface area contributed by atoms with E-state index in [4.69, 9.17) is 14.1 Å². The molecule has 0 spiro atoms. The van der Waals surface area contributed by atoms with Crippen molar-refractivity contribution in [2.24, 2.45) is 5.92 Å². The van der Waals surface area contributed by atoms with E-state index in [-0.39, 0.29) is 28.7 Å². The standard InChI is InChI=1S/C37H56N4O6SSi/c1-24(40(8)35(45)46-36(2,3)4)32(43)39-30(25-16-12-11-13-17-25)34(44)41-21-15-20-29(41)33-38-28(23-48-33)31(42)26-18-14-19-27(22-26)47-49(9,10)37(5,6)7/h14,18-19,22-25,29-30H,11-13,15-17,20-21H2,1-10H3,(H,39,43)/t24-,29-,30-/m0/s1. The summed E-state index contributed by atoms with van der Waals surface area (Å²) in [6.07, 6.45) is 5.73. The molecule has 49 heavy (non-hydrogen) atoms. The third-order valence-corrected chi connectivity index (χ3v) is 15.5. The van der Waals surface area contributed by atoms with Crippen LogP contribution in [0.2, 0.25) is 18.1 Å². The Morgan fingerprint density at radius 2 is 1.69 bits per heavy atom. The van der Waals surface area contributed by atoms with Gasteiger partial charge in [0.1, 0.15) is 34.1 Å². The smallest absolute Gasteiger partial charge is 0.410 e. The molecule has 3 atom stereocenters. The Morgan fingerprint density at radius 1 is 1.02 bits per heavy atom. The van der Waals surface area contributed by atoms with E-state index in [0.717, 1.165) is 50.0 Å². The molecular formula is C37H56N4O6SSi. The van der Waals surface area contributed by atoms with Crippen LogP contribution in [-0.4, -0.2) is 78.1 Å². The third-order valence-electron chi connectivity index (χ3n) is 10.2. The first-order chi connectivity index (χ1) is 22.8. The van der Waals surface area contributed by atoms with Crippen molar-refractivity contribution in [1.82, 2.24) is 20.1 Å². The summed E-state index contributed by atoms with van der Waals surface area (Å²) in [4.78, 5) is 62.1. The number of aromatic nitrogens is 1. The first-order valence-electron chi connectivity index (χ1n) is 17.6. The second kappa shape index (κ2) is 15.3. The quantitative estimate of drug-likeness (QED) is 0.198. The van der Waals surface area contributed by atoms with Gasteiger partial charge in [-0.05, 0) is 89.6 Å². The van der Waals surface area contributed by atoms with Crippen LogP contribution in [0.4, 0.5) is 4.79 Å². The lowest BCUT2D eigenvalue weighted by atomic mass is 9.83. The number of carbonyl (C=O) groups excluding carboxylic acids is 4. The Balaban J connectivity index is 1.51. The number of carbonyl (C=O) groups is 4. The number of amides is 3. The Bertz CT molecular complexity index is 1510. The van der Waals surface area contributed by atoms with E-state index in [1.165, 1.54) is 23.3 Å². The predicted molar refractivity (Wildman–Crippen MR) is 195 cm³/mol. The van der Waals surface area contributed by atoms with E-state index in [1.807, 2.05) is 17.0 Å².